The Bertz CT molecular complexity index is 591. The highest BCUT2D eigenvalue weighted by atomic mass is 35.5. The van der Waals surface area contributed by atoms with Gasteiger partial charge in [0.2, 0.25) is 0 Å². The molecular formula is C18H20Cl2O. The molecule has 21 heavy (non-hydrogen) atoms. The molecule has 3 heteroatoms. The maximum absolute atomic E-state index is 10.3. The van der Waals surface area contributed by atoms with Crippen molar-refractivity contribution >= 4 is 23.2 Å². The predicted octanol–water partition coefficient (Wildman–Crippen LogP) is 5.47. The lowest BCUT2D eigenvalue weighted by atomic mass is 9.97. The zero-order valence-corrected chi connectivity index (χ0v) is 13.8. The molecule has 1 N–H and O–H groups in total. The molecule has 2 aromatic carbocycles. The molecule has 2 aromatic rings. The van der Waals surface area contributed by atoms with Gasteiger partial charge in [0.15, 0.2) is 0 Å². The molecule has 0 saturated heterocycles. The van der Waals surface area contributed by atoms with Gasteiger partial charge in [-0.1, -0.05) is 67.4 Å². The Morgan fingerprint density at radius 2 is 1.62 bits per heavy atom. The minimum absolute atomic E-state index is 0.486. The molecule has 0 radical (unpaired) electrons. The Hall–Kier alpha value is -1.02. The third-order valence-electron chi connectivity index (χ3n) is 3.44. The van der Waals surface area contributed by atoms with Crippen LogP contribution in [0.2, 0.25) is 10.0 Å². The summed E-state index contributed by atoms with van der Waals surface area (Å²) in [6.45, 7) is 4.40. The maximum atomic E-state index is 10.3. The maximum Gasteiger partial charge on any atom is 0.0830 e. The third-order valence-corrected chi connectivity index (χ3v) is 4.02. The van der Waals surface area contributed by atoms with E-state index in [4.69, 9.17) is 23.2 Å². The molecule has 0 saturated carbocycles. The van der Waals surface area contributed by atoms with Crippen molar-refractivity contribution in [3.8, 4) is 0 Å². The lowest BCUT2D eigenvalue weighted by Gasteiger charge is -2.13. The highest BCUT2D eigenvalue weighted by molar-refractivity contribution is 6.35. The smallest absolute Gasteiger partial charge is 0.0830 e. The number of benzene rings is 2. The Balaban J connectivity index is 2.07. The first-order valence-electron chi connectivity index (χ1n) is 7.16. The van der Waals surface area contributed by atoms with Crippen molar-refractivity contribution in [1.82, 2.24) is 0 Å². The lowest BCUT2D eigenvalue weighted by Crippen LogP contribution is -2.03. The molecule has 112 valence electrons. The van der Waals surface area contributed by atoms with E-state index in [9.17, 15) is 5.11 Å². The topological polar surface area (TPSA) is 20.2 Å². The van der Waals surface area contributed by atoms with Gasteiger partial charge in [-0.2, -0.15) is 0 Å². The minimum Gasteiger partial charge on any atom is -0.388 e. The Morgan fingerprint density at radius 3 is 2.19 bits per heavy atom. The number of aliphatic hydroxyl groups excluding tert-OH is 1. The van der Waals surface area contributed by atoms with Crippen molar-refractivity contribution in [2.24, 2.45) is 5.92 Å². The van der Waals surface area contributed by atoms with Crippen molar-refractivity contribution in [1.29, 1.82) is 0 Å². The summed E-state index contributed by atoms with van der Waals surface area (Å²) >= 11 is 12.0. The molecule has 1 nitrogen and oxygen atoms in total. The van der Waals surface area contributed by atoms with Gasteiger partial charge in [-0.05, 0) is 41.2 Å². The molecule has 1 unspecified atom stereocenters. The van der Waals surface area contributed by atoms with Crippen LogP contribution in [0.25, 0.3) is 0 Å². The predicted molar refractivity (Wildman–Crippen MR) is 90.1 cm³/mol. The summed E-state index contributed by atoms with van der Waals surface area (Å²) in [6.07, 6.45) is 0.982. The molecule has 0 bridgehead atoms. The minimum atomic E-state index is -0.559. The van der Waals surface area contributed by atoms with Crippen LogP contribution in [-0.4, -0.2) is 5.11 Å². The van der Waals surface area contributed by atoms with Crippen molar-refractivity contribution in [3.63, 3.8) is 0 Å². The summed E-state index contributed by atoms with van der Waals surface area (Å²) < 4.78 is 0. The van der Waals surface area contributed by atoms with Gasteiger partial charge in [-0.3, -0.25) is 0 Å². The average molecular weight is 323 g/mol. The lowest BCUT2D eigenvalue weighted by molar-refractivity contribution is 0.178. The van der Waals surface area contributed by atoms with Crippen LogP contribution in [0.1, 0.15) is 36.6 Å². The van der Waals surface area contributed by atoms with Crippen LogP contribution in [0.15, 0.2) is 42.5 Å². The molecule has 0 fully saturated rings. The van der Waals surface area contributed by atoms with E-state index >= 15 is 0 Å². The zero-order chi connectivity index (χ0) is 15.4. The number of hydrogen-bond donors (Lipinski definition) is 1. The van der Waals surface area contributed by atoms with Crippen molar-refractivity contribution < 1.29 is 5.11 Å². The molecule has 0 aromatic heterocycles. The van der Waals surface area contributed by atoms with E-state index in [0.717, 1.165) is 17.5 Å². The van der Waals surface area contributed by atoms with Gasteiger partial charge in [0.05, 0.1) is 6.10 Å². The second kappa shape index (κ2) is 7.31. The normalized spacial score (nSPS) is 12.7. The van der Waals surface area contributed by atoms with Crippen LogP contribution >= 0.6 is 23.2 Å². The van der Waals surface area contributed by atoms with Crippen LogP contribution in [0, 0.1) is 5.92 Å². The summed E-state index contributed by atoms with van der Waals surface area (Å²) in [5, 5.41) is 11.6. The monoisotopic (exact) mass is 322 g/mol. The fourth-order valence-electron chi connectivity index (χ4n) is 2.36. The second-order valence-corrected chi connectivity index (χ2v) is 6.64. The summed E-state index contributed by atoms with van der Waals surface area (Å²) in [4.78, 5) is 0. The van der Waals surface area contributed by atoms with Crippen molar-refractivity contribution in [2.45, 2.75) is 32.8 Å². The highest BCUT2D eigenvalue weighted by Crippen LogP contribution is 2.26. The molecular weight excluding hydrogens is 303 g/mol. The van der Waals surface area contributed by atoms with E-state index in [-0.39, 0.29) is 0 Å². The standard InChI is InChI=1S/C18H20Cl2O/c1-12(2)9-13-3-5-14(6-4-13)18(21)10-15-7-8-16(19)11-17(15)20/h3-8,11-12,18,21H,9-10H2,1-2H3. The Morgan fingerprint density at radius 1 is 0.952 bits per heavy atom. The molecule has 0 aliphatic carbocycles. The molecule has 0 amide bonds. The van der Waals surface area contributed by atoms with E-state index in [1.165, 1.54) is 5.56 Å². The van der Waals surface area contributed by atoms with E-state index in [1.54, 1.807) is 12.1 Å². The molecule has 0 heterocycles. The van der Waals surface area contributed by atoms with Gasteiger partial charge in [-0.15, -0.1) is 0 Å². The Kier molecular flexibility index (Phi) is 5.69. The van der Waals surface area contributed by atoms with E-state index in [1.807, 2.05) is 18.2 Å². The van der Waals surface area contributed by atoms with E-state index in [0.29, 0.717) is 22.4 Å². The zero-order valence-electron chi connectivity index (χ0n) is 12.3. The highest BCUT2D eigenvalue weighted by Gasteiger charge is 2.11. The second-order valence-electron chi connectivity index (χ2n) is 5.80. The third kappa shape index (κ3) is 4.74. The Labute approximate surface area is 136 Å². The first kappa shape index (κ1) is 16.4. The average Bonchev–Trinajstić information content (AvgIpc) is 2.42. The van der Waals surface area contributed by atoms with Crippen LogP contribution < -0.4 is 0 Å². The van der Waals surface area contributed by atoms with E-state index < -0.39 is 6.10 Å². The first-order valence-corrected chi connectivity index (χ1v) is 7.92. The molecule has 0 aliphatic heterocycles. The summed E-state index contributed by atoms with van der Waals surface area (Å²) in [5.74, 6) is 0.633. The molecule has 2 rings (SSSR count). The summed E-state index contributed by atoms with van der Waals surface area (Å²) in [5.41, 5.74) is 3.11. The van der Waals surface area contributed by atoms with Gasteiger partial charge in [0, 0.05) is 16.5 Å². The van der Waals surface area contributed by atoms with Gasteiger partial charge in [0.25, 0.3) is 0 Å². The summed E-state index contributed by atoms with van der Waals surface area (Å²) in [6, 6.07) is 13.5. The van der Waals surface area contributed by atoms with Crippen LogP contribution in [0.3, 0.4) is 0 Å². The van der Waals surface area contributed by atoms with Crippen LogP contribution in [-0.2, 0) is 12.8 Å². The molecule has 0 spiro atoms. The molecule has 0 aliphatic rings. The van der Waals surface area contributed by atoms with Gasteiger partial charge < -0.3 is 5.11 Å². The SMILES string of the molecule is CC(C)Cc1ccc(C(O)Cc2ccc(Cl)cc2Cl)cc1. The fraction of sp³-hybridized carbons (Fsp3) is 0.333. The van der Waals surface area contributed by atoms with Crippen molar-refractivity contribution in [3.05, 3.63) is 69.2 Å². The van der Waals surface area contributed by atoms with Gasteiger partial charge in [0.1, 0.15) is 0 Å². The largest absolute Gasteiger partial charge is 0.388 e. The van der Waals surface area contributed by atoms with Crippen LogP contribution in [0.5, 0.6) is 0 Å². The molecule has 1 atom stereocenters. The number of rotatable bonds is 5. The van der Waals surface area contributed by atoms with Crippen molar-refractivity contribution in [2.75, 3.05) is 0 Å². The number of hydrogen-bond acceptors (Lipinski definition) is 1. The fourth-order valence-corrected chi connectivity index (χ4v) is 2.85. The van der Waals surface area contributed by atoms with Gasteiger partial charge >= 0.3 is 0 Å². The first-order chi connectivity index (χ1) is 9.95. The van der Waals surface area contributed by atoms with Gasteiger partial charge in [-0.25, -0.2) is 0 Å². The number of aliphatic hydroxyl groups is 1. The number of halogens is 2. The van der Waals surface area contributed by atoms with Crippen LogP contribution in [0.4, 0.5) is 0 Å². The summed E-state index contributed by atoms with van der Waals surface area (Å²) in [7, 11) is 0. The quantitative estimate of drug-likeness (QED) is 0.774. The van der Waals surface area contributed by atoms with E-state index in [2.05, 4.69) is 26.0 Å².